The van der Waals surface area contributed by atoms with E-state index in [4.69, 9.17) is 0 Å². The van der Waals surface area contributed by atoms with Gasteiger partial charge in [-0.05, 0) is 0 Å². The molecule has 0 rings (SSSR count). The first-order valence-corrected chi connectivity index (χ1v) is 0. The second-order valence-corrected chi connectivity index (χ2v) is 0. The molecule has 0 saturated carbocycles. The standard InChI is InChI=1S/3H2O.Pb.Ti.Zr.2H/h3*1H2;;;;;. The van der Waals surface area contributed by atoms with Crippen LogP contribution in [0.15, 0.2) is 0 Å². The topological polar surface area (TPSA) is 94.5 Å². The molecule has 3 nitrogen and oxygen atoms in total. The maximum absolute atomic E-state index is 0. The van der Waals surface area contributed by atoms with Crippen LogP contribution in [0.25, 0.3) is 0 Å². The van der Waals surface area contributed by atoms with Crippen LogP contribution in [0.1, 0.15) is 0 Å². The van der Waals surface area contributed by atoms with Crippen LogP contribution in [0, 0.1) is 0 Å². The van der Waals surface area contributed by atoms with Gasteiger partial charge in [-0.25, -0.2) is 0 Å². The Bertz CT molecular complexity index is 10.8. The Morgan fingerprint density at radius 1 is 0.667 bits per heavy atom. The maximum Gasteiger partial charge on any atom is 0 e. The molecule has 0 bridgehead atoms. The molecule has 0 aliphatic rings. The molecule has 0 aromatic carbocycles. The van der Waals surface area contributed by atoms with Crippen molar-refractivity contribution in [2.45, 2.75) is 0 Å². The minimum atomic E-state index is 0. The monoisotopic (exact) mass is 402 g/mol. The second-order valence-electron chi connectivity index (χ2n) is 0. The molecule has 0 spiro atoms. The van der Waals surface area contributed by atoms with E-state index in [0.29, 0.717) is 0 Å². The van der Waals surface area contributed by atoms with Crippen LogP contribution >= 0.6 is 0 Å². The van der Waals surface area contributed by atoms with E-state index in [2.05, 4.69) is 0 Å². The number of rotatable bonds is 0. The number of hydrogen-bond donors (Lipinski definition) is 0. The molecule has 6 heavy (non-hydrogen) atoms. The molecule has 2 radical (unpaired) electrons. The van der Waals surface area contributed by atoms with Gasteiger partial charge in [0.25, 0.3) is 0 Å². The second kappa shape index (κ2) is 52.6. The Morgan fingerprint density at radius 3 is 0.667 bits per heavy atom. The van der Waals surface area contributed by atoms with E-state index >= 15 is 0 Å². The molecule has 0 saturated heterocycles. The van der Waals surface area contributed by atoms with Gasteiger partial charge in [-0.1, -0.05) is 0 Å². The van der Waals surface area contributed by atoms with Crippen molar-refractivity contribution in [2.24, 2.45) is 0 Å². The van der Waals surface area contributed by atoms with E-state index in [9.17, 15) is 0 Å². The smallest absolute Gasteiger partial charge is 0 e. The van der Waals surface area contributed by atoms with E-state index in [-0.39, 0.29) is 91.6 Å². The minimum absolute atomic E-state index is 0. The average molecular weight is 402 g/mol. The molecule has 0 fully saturated rings. The zero-order chi connectivity index (χ0) is 0. The number of hydrogen-bond acceptors (Lipinski definition) is 0. The molecule has 0 aliphatic carbocycles. The molecule has 0 heterocycles. The molecule has 0 atom stereocenters. The third kappa shape index (κ3) is 32.4. The quantitative estimate of drug-likeness (QED) is 0.378. The van der Waals surface area contributed by atoms with Crippen molar-refractivity contribution in [3.8, 4) is 0 Å². The van der Waals surface area contributed by atoms with Crippen LogP contribution in [0.5, 0.6) is 0 Å². The van der Waals surface area contributed by atoms with Crippen LogP contribution in [0.4, 0.5) is 0 Å². The molecule has 6 heteroatoms. The summed E-state index contributed by atoms with van der Waals surface area (Å²) < 4.78 is 0. The summed E-state index contributed by atoms with van der Waals surface area (Å²) in [5.74, 6) is 0. The Balaban J connectivity index is 0. The average Bonchev–Trinajstić information content (AvgIpc) is 0. The fourth-order valence-corrected chi connectivity index (χ4v) is 0. The van der Waals surface area contributed by atoms with Crippen molar-refractivity contribution >= 4 is 27.3 Å². The van der Waals surface area contributed by atoms with Gasteiger partial charge in [-0.3, -0.25) is 0 Å². The van der Waals surface area contributed by atoms with E-state index in [1.54, 1.807) is 0 Å². The molecular weight excluding hydrogens is 394 g/mol. The minimum Gasteiger partial charge on any atom is 0 e. The molecule has 0 unspecified atom stereocenters. The predicted molar refractivity (Wildman–Crippen MR) is 19.4 cm³/mol. The van der Waals surface area contributed by atoms with Crippen molar-refractivity contribution in [1.82, 2.24) is 0 Å². The fraction of sp³-hybridized carbons (Fsp3) is 0. The summed E-state index contributed by atoms with van der Waals surface area (Å²) in [6, 6.07) is 0. The third-order valence-electron chi connectivity index (χ3n) is 0. The van der Waals surface area contributed by atoms with E-state index in [1.165, 1.54) is 0 Å². The zero-order valence-corrected chi connectivity index (χ0v) is 12.7. The van der Waals surface area contributed by atoms with Crippen LogP contribution in [0.2, 0.25) is 0 Å². The molecule has 0 aromatic heterocycles. The predicted octanol–water partition coefficient (Wildman–Crippen LogP) is -3.40. The van der Waals surface area contributed by atoms with E-state index < -0.39 is 0 Å². The van der Waals surface area contributed by atoms with Crippen LogP contribution in [-0.2, 0) is 47.9 Å². The Labute approximate surface area is 90.3 Å². The van der Waals surface area contributed by atoms with Gasteiger partial charge < -0.3 is 16.4 Å². The first kappa shape index (κ1) is 79.9. The Hall–Kier alpha value is 2.40. The SMILES string of the molecule is O.O.O.[PbH2].[Ti].[Zr]. The summed E-state index contributed by atoms with van der Waals surface area (Å²) in [5.41, 5.74) is 0. The van der Waals surface area contributed by atoms with E-state index in [1.807, 2.05) is 0 Å². The third-order valence-corrected chi connectivity index (χ3v) is 0. The van der Waals surface area contributed by atoms with Crippen molar-refractivity contribution < 1.29 is 64.3 Å². The largest absolute Gasteiger partial charge is 0 e. The van der Waals surface area contributed by atoms with Gasteiger partial charge in [0.15, 0.2) is 0 Å². The van der Waals surface area contributed by atoms with Crippen molar-refractivity contribution in [2.75, 3.05) is 0 Å². The van der Waals surface area contributed by atoms with Crippen molar-refractivity contribution in [1.29, 1.82) is 0 Å². The van der Waals surface area contributed by atoms with Gasteiger partial charge in [-0.2, -0.15) is 0 Å². The Kier molecular flexibility index (Phi) is 701. The normalized spacial score (nSPS) is 0. The molecule has 0 aliphatic heterocycles. The van der Waals surface area contributed by atoms with Gasteiger partial charge in [0, 0.05) is 47.9 Å². The molecule has 6 N–H and O–H groups in total. The molecular formula is H8O3PbTiZr. The van der Waals surface area contributed by atoms with Crippen molar-refractivity contribution in [3.05, 3.63) is 0 Å². The van der Waals surface area contributed by atoms with Gasteiger partial charge >= 0.3 is 27.3 Å². The molecule has 0 aromatic rings. The summed E-state index contributed by atoms with van der Waals surface area (Å²) >= 11 is 0. The van der Waals surface area contributed by atoms with E-state index in [0.717, 1.165) is 0 Å². The zero-order valence-electron chi connectivity index (χ0n) is 3.21. The summed E-state index contributed by atoms with van der Waals surface area (Å²) in [7, 11) is 0. The van der Waals surface area contributed by atoms with Gasteiger partial charge in [0.1, 0.15) is 0 Å². The summed E-state index contributed by atoms with van der Waals surface area (Å²) in [5, 5.41) is 0. The maximum atomic E-state index is 0. The van der Waals surface area contributed by atoms with Crippen LogP contribution in [-0.4, -0.2) is 43.7 Å². The van der Waals surface area contributed by atoms with Gasteiger partial charge in [0.2, 0.25) is 0 Å². The summed E-state index contributed by atoms with van der Waals surface area (Å²) in [6.45, 7) is 0. The van der Waals surface area contributed by atoms with Crippen LogP contribution < -0.4 is 0 Å². The van der Waals surface area contributed by atoms with Gasteiger partial charge in [-0.15, -0.1) is 0 Å². The Morgan fingerprint density at radius 2 is 0.667 bits per heavy atom. The molecule has 0 amide bonds. The van der Waals surface area contributed by atoms with Gasteiger partial charge in [0.05, 0.1) is 0 Å². The van der Waals surface area contributed by atoms with Crippen molar-refractivity contribution in [3.63, 3.8) is 0 Å². The first-order chi connectivity index (χ1) is 0. The van der Waals surface area contributed by atoms with Crippen LogP contribution in [0.3, 0.4) is 0 Å². The molecule has 38 valence electrons. The first-order valence-electron chi connectivity index (χ1n) is 0. The fourth-order valence-electron chi connectivity index (χ4n) is 0. The summed E-state index contributed by atoms with van der Waals surface area (Å²) in [6.07, 6.45) is 0. The summed E-state index contributed by atoms with van der Waals surface area (Å²) in [4.78, 5) is 0.